The number of nitrogens with zero attached hydrogens (tertiary/aromatic N) is 4. The lowest BCUT2D eigenvalue weighted by Crippen LogP contribution is -2.00. The standard InChI is InChI=1S/C18H19BrN4S2/c1-3-4-17-21-22-18(25-12-14-5-7-15(19)8-6-14)23(17)20-11-16-13(2)9-10-24-16/h5-11H,3-4,12H2,1-2H3/b20-11+. The van der Waals surface area contributed by atoms with Gasteiger partial charge in [-0.2, -0.15) is 9.78 Å². The van der Waals surface area contributed by atoms with Crippen LogP contribution in [-0.2, 0) is 12.2 Å². The van der Waals surface area contributed by atoms with Gasteiger partial charge in [0.2, 0.25) is 5.16 Å². The number of hydrogen-bond acceptors (Lipinski definition) is 5. The van der Waals surface area contributed by atoms with Gasteiger partial charge in [-0.05, 0) is 48.1 Å². The van der Waals surface area contributed by atoms with Gasteiger partial charge in [0.25, 0.3) is 0 Å². The SMILES string of the molecule is CCCc1nnc(SCc2ccc(Br)cc2)n1/N=C/c1sccc1C. The second-order valence-electron chi connectivity index (χ2n) is 5.59. The number of hydrogen-bond donors (Lipinski definition) is 0. The van der Waals surface area contributed by atoms with Crippen molar-refractivity contribution in [1.29, 1.82) is 0 Å². The van der Waals surface area contributed by atoms with Crippen LogP contribution in [0.2, 0.25) is 0 Å². The number of rotatable bonds is 7. The van der Waals surface area contributed by atoms with Crippen molar-refractivity contribution in [3.05, 3.63) is 62.0 Å². The minimum absolute atomic E-state index is 0.830. The molecule has 3 aromatic rings. The molecule has 2 heterocycles. The van der Waals surface area contributed by atoms with Gasteiger partial charge >= 0.3 is 0 Å². The highest BCUT2D eigenvalue weighted by atomic mass is 79.9. The maximum atomic E-state index is 4.66. The van der Waals surface area contributed by atoms with Gasteiger partial charge in [0.15, 0.2) is 5.82 Å². The van der Waals surface area contributed by atoms with Crippen LogP contribution >= 0.6 is 39.0 Å². The predicted octanol–water partition coefficient (Wildman–Crippen LogP) is 5.54. The lowest BCUT2D eigenvalue weighted by Gasteiger charge is -2.04. The van der Waals surface area contributed by atoms with Gasteiger partial charge in [-0.15, -0.1) is 21.5 Å². The molecule has 0 N–H and O–H groups in total. The number of thioether (sulfide) groups is 1. The summed E-state index contributed by atoms with van der Waals surface area (Å²) >= 11 is 6.82. The lowest BCUT2D eigenvalue weighted by molar-refractivity contribution is 0.700. The van der Waals surface area contributed by atoms with Crippen LogP contribution in [0.4, 0.5) is 0 Å². The third-order valence-electron chi connectivity index (χ3n) is 3.62. The number of halogens is 1. The average Bonchev–Trinajstić information content (AvgIpc) is 3.19. The Morgan fingerprint density at radius 2 is 2.04 bits per heavy atom. The van der Waals surface area contributed by atoms with E-state index < -0.39 is 0 Å². The van der Waals surface area contributed by atoms with Crippen molar-refractivity contribution in [2.45, 2.75) is 37.6 Å². The first kappa shape index (κ1) is 18.4. The number of aromatic nitrogens is 3. The maximum absolute atomic E-state index is 4.66. The summed E-state index contributed by atoms with van der Waals surface area (Å²) in [5, 5.41) is 16.3. The van der Waals surface area contributed by atoms with Crippen molar-refractivity contribution in [2.75, 3.05) is 0 Å². The molecule has 0 unspecified atom stereocenters. The van der Waals surface area contributed by atoms with Crippen LogP contribution in [0.3, 0.4) is 0 Å². The molecule has 25 heavy (non-hydrogen) atoms. The first-order valence-electron chi connectivity index (χ1n) is 8.07. The second kappa shape index (κ2) is 8.78. The Labute approximate surface area is 164 Å². The zero-order valence-electron chi connectivity index (χ0n) is 14.1. The van der Waals surface area contributed by atoms with E-state index in [9.17, 15) is 0 Å². The van der Waals surface area contributed by atoms with E-state index in [4.69, 9.17) is 0 Å². The summed E-state index contributed by atoms with van der Waals surface area (Å²) in [5.74, 6) is 1.75. The second-order valence-corrected chi connectivity index (χ2v) is 8.39. The van der Waals surface area contributed by atoms with Crippen LogP contribution in [0.1, 0.15) is 35.2 Å². The molecule has 2 aromatic heterocycles. The molecule has 0 fully saturated rings. The first-order chi connectivity index (χ1) is 12.2. The summed E-state index contributed by atoms with van der Waals surface area (Å²) in [5.41, 5.74) is 2.49. The van der Waals surface area contributed by atoms with Crippen LogP contribution in [0.5, 0.6) is 0 Å². The van der Waals surface area contributed by atoms with E-state index in [0.29, 0.717) is 0 Å². The predicted molar refractivity (Wildman–Crippen MR) is 110 cm³/mol. The zero-order valence-corrected chi connectivity index (χ0v) is 17.4. The highest BCUT2D eigenvalue weighted by molar-refractivity contribution is 9.10. The third kappa shape index (κ3) is 4.80. The van der Waals surface area contributed by atoms with E-state index in [1.54, 1.807) is 23.1 Å². The topological polar surface area (TPSA) is 43.1 Å². The average molecular weight is 435 g/mol. The normalized spacial score (nSPS) is 11.5. The van der Waals surface area contributed by atoms with Crippen molar-refractivity contribution in [1.82, 2.24) is 14.9 Å². The van der Waals surface area contributed by atoms with E-state index in [1.807, 2.05) is 10.9 Å². The molecule has 0 saturated heterocycles. The van der Waals surface area contributed by atoms with Crippen molar-refractivity contribution < 1.29 is 0 Å². The summed E-state index contributed by atoms with van der Waals surface area (Å²) < 4.78 is 2.97. The summed E-state index contributed by atoms with van der Waals surface area (Å²) in [6.45, 7) is 4.24. The quantitative estimate of drug-likeness (QED) is 0.362. The fourth-order valence-corrected chi connectivity index (χ4v) is 4.14. The molecule has 130 valence electrons. The minimum atomic E-state index is 0.830. The molecular formula is C18H19BrN4S2. The highest BCUT2D eigenvalue weighted by Crippen LogP contribution is 2.23. The van der Waals surface area contributed by atoms with Crippen LogP contribution in [0.25, 0.3) is 0 Å². The molecule has 0 spiro atoms. The van der Waals surface area contributed by atoms with Gasteiger partial charge in [0.1, 0.15) is 0 Å². The van der Waals surface area contributed by atoms with E-state index in [0.717, 1.165) is 34.0 Å². The molecule has 7 heteroatoms. The largest absolute Gasteiger partial charge is 0.212 e. The van der Waals surface area contributed by atoms with Crippen LogP contribution in [0.15, 0.2) is 50.4 Å². The van der Waals surface area contributed by atoms with Gasteiger partial charge < -0.3 is 0 Å². The third-order valence-corrected chi connectivity index (χ3v) is 6.10. The molecule has 0 bridgehead atoms. The molecule has 0 aliphatic carbocycles. The summed E-state index contributed by atoms with van der Waals surface area (Å²) in [7, 11) is 0. The van der Waals surface area contributed by atoms with Gasteiger partial charge in [0, 0.05) is 16.6 Å². The van der Waals surface area contributed by atoms with Crippen LogP contribution < -0.4 is 0 Å². The Bertz CT molecular complexity index is 852. The van der Waals surface area contributed by atoms with Crippen molar-refractivity contribution in [3.63, 3.8) is 0 Å². The van der Waals surface area contributed by atoms with Crippen molar-refractivity contribution in [3.8, 4) is 0 Å². The van der Waals surface area contributed by atoms with E-state index in [2.05, 4.69) is 80.8 Å². The van der Waals surface area contributed by atoms with E-state index in [1.165, 1.54) is 16.0 Å². The number of aryl methyl sites for hydroxylation is 2. The van der Waals surface area contributed by atoms with Crippen LogP contribution in [0, 0.1) is 6.92 Å². The summed E-state index contributed by atoms with van der Waals surface area (Å²) in [4.78, 5) is 1.17. The first-order valence-corrected chi connectivity index (χ1v) is 10.7. The highest BCUT2D eigenvalue weighted by Gasteiger charge is 2.12. The van der Waals surface area contributed by atoms with E-state index >= 15 is 0 Å². The molecule has 0 amide bonds. The van der Waals surface area contributed by atoms with E-state index in [-0.39, 0.29) is 0 Å². The zero-order chi connectivity index (χ0) is 17.6. The molecule has 0 saturated carbocycles. The summed E-state index contributed by atoms with van der Waals surface area (Å²) in [6.07, 6.45) is 3.79. The van der Waals surface area contributed by atoms with Gasteiger partial charge in [-0.25, -0.2) is 0 Å². The Hall–Kier alpha value is -1.44. The molecule has 0 radical (unpaired) electrons. The van der Waals surface area contributed by atoms with Gasteiger partial charge in [-0.1, -0.05) is 46.7 Å². The molecule has 0 atom stereocenters. The molecule has 1 aromatic carbocycles. The number of thiophene rings is 1. The fourth-order valence-electron chi connectivity index (χ4n) is 2.24. The van der Waals surface area contributed by atoms with Crippen molar-refractivity contribution >= 4 is 45.2 Å². The Morgan fingerprint density at radius 1 is 1.24 bits per heavy atom. The van der Waals surface area contributed by atoms with Gasteiger partial charge in [-0.3, -0.25) is 0 Å². The molecule has 0 aliphatic heterocycles. The molecule has 3 rings (SSSR count). The Morgan fingerprint density at radius 3 is 2.72 bits per heavy atom. The molecule has 0 aliphatic rings. The van der Waals surface area contributed by atoms with Crippen molar-refractivity contribution in [2.24, 2.45) is 5.10 Å². The lowest BCUT2D eigenvalue weighted by atomic mass is 10.2. The fraction of sp³-hybridized carbons (Fsp3) is 0.278. The molecule has 4 nitrogen and oxygen atoms in total. The minimum Gasteiger partial charge on any atom is -0.191 e. The smallest absolute Gasteiger partial charge is 0.191 e. The maximum Gasteiger partial charge on any atom is 0.212 e. The summed E-state index contributed by atoms with van der Waals surface area (Å²) in [6, 6.07) is 10.4. The Balaban J connectivity index is 1.80. The molecular weight excluding hydrogens is 416 g/mol. The monoisotopic (exact) mass is 434 g/mol. The van der Waals surface area contributed by atoms with Gasteiger partial charge in [0.05, 0.1) is 11.1 Å². The van der Waals surface area contributed by atoms with Crippen LogP contribution in [-0.4, -0.2) is 21.1 Å². The number of benzene rings is 1. The Kier molecular flexibility index (Phi) is 6.45.